The maximum absolute atomic E-state index is 3.56. The molecule has 2 heteroatoms. The van der Waals surface area contributed by atoms with Gasteiger partial charge in [0, 0.05) is 6.04 Å². The topological polar surface area (TPSA) is 15.3 Å². The average molecular weight is 266 g/mol. The van der Waals surface area contributed by atoms with Crippen LogP contribution in [0.3, 0.4) is 0 Å². The van der Waals surface area contributed by atoms with Crippen molar-refractivity contribution in [2.24, 2.45) is 17.8 Å². The molecular weight excluding hydrogens is 232 g/mol. The summed E-state index contributed by atoms with van der Waals surface area (Å²) in [4.78, 5) is 2.65. The summed E-state index contributed by atoms with van der Waals surface area (Å²) >= 11 is 0. The van der Waals surface area contributed by atoms with Crippen molar-refractivity contribution in [1.82, 2.24) is 10.2 Å². The number of nitrogens with one attached hydrogen (secondary N) is 1. The Bertz CT molecular complexity index is 240. The van der Waals surface area contributed by atoms with Crippen molar-refractivity contribution in [3.63, 3.8) is 0 Å². The van der Waals surface area contributed by atoms with Crippen molar-refractivity contribution in [3.05, 3.63) is 0 Å². The Kier molecular flexibility index (Phi) is 6.15. The first kappa shape index (κ1) is 15.3. The highest BCUT2D eigenvalue weighted by Crippen LogP contribution is 2.28. The molecule has 0 amide bonds. The van der Waals surface area contributed by atoms with Gasteiger partial charge in [-0.05, 0) is 89.4 Å². The number of hydrogen-bond acceptors (Lipinski definition) is 2. The third kappa shape index (κ3) is 4.75. The molecule has 0 spiro atoms. The van der Waals surface area contributed by atoms with E-state index in [0.717, 1.165) is 23.8 Å². The van der Waals surface area contributed by atoms with Crippen LogP contribution in [0.25, 0.3) is 0 Å². The quantitative estimate of drug-likeness (QED) is 0.819. The van der Waals surface area contributed by atoms with Gasteiger partial charge >= 0.3 is 0 Å². The van der Waals surface area contributed by atoms with Gasteiger partial charge in [0.25, 0.3) is 0 Å². The van der Waals surface area contributed by atoms with Gasteiger partial charge in [-0.25, -0.2) is 0 Å². The van der Waals surface area contributed by atoms with Gasteiger partial charge in [0.05, 0.1) is 0 Å². The molecule has 2 rings (SSSR count). The molecular formula is C17H34N2. The summed E-state index contributed by atoms with van der Waals surface area (Å²) in [5, 5.41) is 3.56. The summed E-state index contributed by atoms with van der Waals surface area (Å²) in [6, 6.07) is 0.868. The normalized spacial score (nSPS) is 34.4. The lowest BCUT2D eigenvalue weighted by Gasteiger charge is -2.35. The van der Waals surface area contributed by atoms with Crippen LogP contribution >= 0.6 is 0 Å². The number of hydrogen-bond donors (Lipinski definition) is 1. The van der Waals surface area contributed by atoms with Crippen molar-refractivity contribution < 1.29 is 0 Å². The molecule has 2 aliphatic rings. The van der Waals surface area contributed by atoms with Gasteiger partial charge in [-0.2, -0.15) is 0 Å². The molecule has 19 heavy (non-hydrogen) atoms. The number of piperidine rings is 1. The Morgan fingerprint density at radius 3 is 2.53 bits per heavy atom. The Hall–Kier alpha value is -0.0800. The van der Waals surface area contributed by atoms with Crippen molar-refractivity contribution in [2.45, 2.75) is 64.8 Å². The van der Waals surface area contributed by atoms with Crippen LogP contribution in [0.15, 0.2) is 0 Å². The molecule has 2 nitrogen and oxygen atoms in total. The molecule has 112 valence electrons. The summed E-state index contributed by atoms with van der Waals surface area (Å²) in [5.41, 5.74) is 0. The fourth-order valence-corrected chi connectivity index (χ4v) is 3.87. The zero-order chi connectivity index (χ0) is 13.7. The largest absolute Gasteiger partial charge is 0.316 e. The van der Waals surface area contributed by atoms with Crippen LogP contribution in [0, 0.1) is 17.8 Å². The summed E-state index contributed by atoms with van der Waals surface area (Å²) in [5.74, 6) is 2.78. The Morgan fingerprint density at radius 2 is 1.89 bits per heavy atom. The predicted molar refractivity (Wildman–Crippen MR) is 83.4 cm³/mol. The molecule has 1 N–H and O–H groups in total. The highest BCUT2D eigenvalue weighted by Gasteiger charge is 2.23. The van der Waals surface area contributed by atoms with E-state index in [1.165, 1.54) is 64.6 Å². The van der Waals surface area contributed by atoms with Crippen LogP contribution in [-0.4, -0.2) is 37.6 Å². The molecule has 1 aliphatic heterocycles. The van der Waals surface area contributed by atoms with E-state index in [4.69, 9.17) is 0 Å². The zero-order valence-electron chi connectivity index (χ0n) is 13.3. The smallest absolute Gasteiger partial charge is 0.00924 e. The summed E-state index contributed by atoms with van der Waals surface area (Å²) < 4.78 is 0. The van der Waals surface area contributed by atoms with E-state index in [0.29, 0.717) is 0 Å². The highest BCUT2D eigenvalue weighted by molar-refractivity contribution is 4.79. The number of rotatable bonds is 5. The van der Waals surface area contributed by atoms with Crippen LogP contribution in [0.2, 0.25) is 0 Å². The van der Waals surface area contributed by atoms with Crippen LogP contribution in [0.1, 0.15) is 58.8 Å². The van der Waals surface area contributed by atoms with E-state index in [1.807, 2.05) is 0 Å². The van der Waals surface area contributed by atoms with Gasteiger partial charge < -0.3 is 10.2 Å². The molecule has 0 aromatic rings. The molecule has 0 aromatic carbocycles. The van der Waals surface area contributed by atoms with Crippen LogP contribution in [0.5, 0.6) is 0 Å². The molecule has 2 unspecified atom stereocenters. The van der Waals surface area contributed by atoms with E-state index in [-0.39, 0.29) is 0 Å². The fraction of sp³-hybridized carbons (Fsp3) is 1.00. The van der Waals surface area contributed by atoms with Crippen molar-refractivity contribution in [3.8, 4) is 0 Å². The molecule has 1 saturated heterocycles. The molecule has 0 aromatic heterocycles. The van der Waals surface area contributed by atoms with Crippen LogP contribution in [0.4, 0.5) is 0 Å². The fourth-order valence-electron chi connectivity index (χ4n) is 3.87. The van der Waals surface area contributed by atoms with Gasteiger partial charge in [0.1, 0.15) is 0 Å². The molecule has 0 radical (unpaired) electrons. The number of nitrogens with zero attached hydrogens (tertiary/aromatic N) is 1. The van der Waals surface area contributed by atoms with Gasteiger partial charge in [0.15, 0.2) is 0 Å². The molecule has 2 fully saturated rings. The standard InChI is InChI=1S/C17H34N2/c1-14-6-8-17(9-7-14)19(3)12-10-15(2)16-5-4-11-18-13-16/h14-18H,4-13H2,1-3H3. The van der Waals surface area contributed by atoms with Gasteiger partial charge in [-0.1, -0.05) is 13.8 Å². The Morgan fingerprint density at radius 1 is 1.16 bits per heavy atom. The zero-order valence-corrected chi connectivity index (χ0v) is 13.3. The van der Waals surface area contributed by atoms with Crippen molar-refractivity contribution in [2.75, 3.05) is 26.7 Å². The van der Waals surface area contributed by atoms with Crippen LogP contribution in [-0.2, 0) is 0 Å². The van der Waals surface area contributed by atoms with Gasteiger partial charge in [-0.15, -0.1) is 0 Å². The third-order valence-corrected chi connectivity index (χ3v) is 5.69. The minimum absolute atomic E-state index is 0.868. The van der Waals surface area contributed by atoms with E-state index < -0.39 is 0 Å². The Labute approximate surface area is 120 Å². The highest BCUT2D eigenvalue weighted by atomic mass is 15.1. The minimum atomic E-state index is 0.868. The molecule has 1 saturated carbocycles. The second-order valence-corrected chi connectivity index (χ2v) is 7.27. The van der Waals surface area contributed by atoms with E-state index >= 15 is 0 Å². The monoisotopic (exact) mass is 266 g/mol. The van der Waals surface area contributed by atoms with Gasteiger partial charge in [-0.3, -0.25) is 0 Å². The first-order valence-corrected chi connectivity index (χ1v) is 8.57. The van der Waals surface area contributed by atoms with Crippen molar-refractivity contribution >= 4 is 0 Å². The first-order chi connectivity index (χ1) is 9.16. The lowest BCUT2D eigenvalue weighted by atomic mass is 9.84. The molecule has 0 bridgehead atoms. The molecule has 1 aliphatic carbocycles. The maximum atomic E-state index is 3.56. The lowest BCUT2D eigenvalue weighted by Crippen LogP contribution is -2.38. The third-order valence-electron chi connectivity index (χ3n) is 5.69. The first-order valence-electron chi connectivity index (χ1n) is 8.57. The predicted octanol–water partition coefficient (Wildman–Crippen LogP) is 3.52. The average Bonchev–Trinajstić information content (AvgIpc) is 2.46. The summed E-state index contributed by atoms with van der Waals surface area (Å²) in [6.45, 7) is 8.68. The van der Waals surface area contributed by atoms with Crippen LogP contribution < -0.4 is 5.32 Å². The van der Waals surface area contributed by atoms with Crippen molar-refractivity contribution in [1.29, 1.82) is 0 Å². The maximum Gasteiger partial charge on any atom is 0.00924 e. The Balaban J connectivity index is 1.66. The van der Waals surface area contributed by atoms with E-state index in [9.17, 15) is 0 Å². The summed E-state index contributed by atoms with van der Waals surface area (Å²) in [7, 11) is 2.35. The second-order valence-electron chi connectivity index (χ2n) is 7.27. The second kappa shape index (κ2) is 7.64. The van der Waals surface area contributed by atoms with E-state index in [1.54, 1.807) is 0 Å². The lowest BCUT2D eigenvalue weighted by molar-refractivity contribution is 0.152. The van der Waals surface area contributed by atoms with E-state index in [2.05, 4.69) is 31.1 Å². The summed E-state index contributed by atoms with van der Waals surface area (Å²) in [6.07, 6.45) is 9.95. The van der Waals surface area contributed by atoms with Gasteiger partial charge in [0.2, 0.25) is 0 Å². The molecule has 2 atom stereocenters. The molecule has 1 heterocycles. The SMILES string of the molecule is CC1CCC(N(C)CCC(C)C2CCCNC2)CC1. The minimum Gasteiger partial charge on any atom is -0.316 e.